The van der Waals surface area contributed by atoms with E-state index >= 15 is 0 Å². The summed E-state index contributed by atoms with van der Waals surface area (Å²) < 4.78 is 0. The van der Waals surface area contributed by atoms with Gasteiger partial charge in [0, 0.05) is 37.2 Å². The monoisotopic (exact) mass is 364 g/mol. The number of hydrogen-bond acceptors (Lipinski definition) is 2. The predicted octanol–water partition coefficient (Wildman–Crippen LogP) is 4.63. The second-order valence-corrected chi connectivity index (χ2v) is 6.65. The van der Waals surface area contributed by atoms with E-state index in [1.54, 1.807) is 0 Å². The maximum absolute atomic E-state index is 6.58. The minimum atomic E-state index is 0. The minimum Gasteiger partial charge on any atom is -0.314 e. The molecule has 2 fully saturated rings. The van der Waals surface area contributed by atoms with Crippen LogP contribution in [0.1, 0.15) is 42.9 Å². The van der Waals surface area contributed by atoms with Crippen LogP contribution in [-0.2, 0) is 0 Å². The van der Waals surface area contributed by atoms with Crippen LogP contribution in [-0.4, -0.2) is 31.1 Å². The molecule has 0 spiro atoms. The summed E-state index contributed by atoms with van der Waals surface area (Å²) in [6, 6.07) is 6.87. The van der Waals surface area contributed by atoms with Crippen molar-refractivity contribution in [1.29, 1.82) is 0 Å². The van der Waals surface area contributed by atoms with E-state index in [0.717, 1.165) is 37.1 Å². The molecule has 1 aromatic rings. The number of hydrogen-bond donors (Lipinski definition) is 1. The van der Waals surface area contributed by atoms with Gasteiger partial charge in [0.15, 0.2) is 0 Å². The van der Waals surface area contributed by atoms with Gasteiger partial charge in [-0.2, -0.15) is 0 Å². The SMILES string of the molecule is Cc1cccc(Cl)c1[C@H](C1CCCC1)N1CCNCC1.Cl.Cl. The third-order valence-corrected chi connectivity index (χ3v) is 5.29. The van der Waals surface area contributed by atoms with Gasteiger partial charge >= 0.3 is 0 Å². The zero-order chi connectivity index (χ0) is 13.9. The third kappa shape index (κ3) is 4.30. The highest BCUT2D eigenvalue weighted by Crippen LogP contribution is 2.43. The first-order valence-electron chi connectivity index (χ1n) is 7.97. The Balaban J connectivity index is 0.00000121. The van der Waals surface area contributed by atoms with Crippen LogP contribution in [0.3, 0.4) is 0 Å². The van der Waals surface area contributed by atoms with Crippen LogP contribution >= 0.6 is 36.4 Å². The molecule has 1 saturated heterocycles. The van der Waals surface area contributed by atoms with Crippen molar-refractivity contribution in [3.8, 4) is 0 Å². The van der Waals surface area contributed by atoms with E-state index < -0.39 is 0 Å². The van der Waals surface area contributed by atoms with Gasteiger partial charge in [-0.05, 0) is 42.9 Å². The van der Waals surface area contributed by atoms with Crippen molar-refractivity contribution < 1.29 is 0 Å². The Morgan fingerprint density at radius 2 is 1.77 bits per heavy atom. The fourth-order valence-electron chi connectivity index (χ4n) is 3.97. The van der Waals surface area contributed by atoms with Gasteiger partial charge in [0.2, 0.25) is 0 Å². The molecule has 0 bridgehead atoms. The summed E-state index contributed by atoms with van der Waals surface area (Å²) in [6.45, 7) is 6.71. The van der Waals surface area contributed by atoms with Crippen molar-refractivity contribution in [2.75, 3.05) is 26.2 Å². The molecular weight excluding hydrogens is 339 g/mol. The van der Waals surface area contributed by atoms with Gasteiger partial charge in [-0.1, -0.05) is 36.6 Å². The summed E-state index contributed by atoms with van der Waals surface area (Å²) in [6.07, 6.45) is 5.49. The van der Waals surface area contributed by atoms with Crippen molar-refractivity contribution in [3.05, 3.63) is 34.3 Å². The molecule has 1 N–H and O–H groups in total. The zero-order valence-corrected chi connectivity index (χ0v) is 15.6. The number of rotatable bonds is 3. The molecule has 0 amide bonds. The molecule has 2 nitrogen and oxygen atoms in total. The summed E-state index contributed by atoms with van der Waals surface area (Å²) in [7, 11) is 0. The Morgan fingerprint density at radius 3 is 2.36 bits per heavy atom. The standard InChI is InChI=1S/C17H25ClN2.2ClH/c1-13-5-4-8-15(18)16(13)17(14-6-2-3-7-14)20-11-9-19-10-12-20;;/h4-5,8,14,17,19H,2-3,6-7,9-12H2,1H3;2*1H/t17-;;/m0../s1. The van der Waals surface area contributed by atoms with Crippen LogP contribution in [0.25, 0.3) is 0 Å². The number of aryl methyl sites for hydroxylation is 1. The highest BCUT2D eigenvalue weighted by atomic mass is 35.5. The van der Waals surface area contributed by atoms with Crippen LogP contribution in [0.4, 0.5) is 0 Å². The molecule has 0 radical (unpaired) electrons. The molecule has 1 aliphatic heterocycles. The molecule has 126 valence electrons. The van der Waals surface area contributed by atoms with Crippen LogP contribution in [0.5, 0.6) is 0 Å². The van der Waals surface area contributed by atoms with Crippen molar-refractivity contribution in [2.24, 2.45) is 5.92 Å². The molecule has 22 heavy (non-hydrogen) atoms. The van der Waals surface area contributed by atoms with Gasteiger partial charge in [-0.25, -0.2) is 0 Å². The molecule has 1 heterocycles. The lowest BCUT2D eigenvalue weighted by molar-refractivity contribution is 0.125. The fourth-order valence-corrected chi connectivity index (χ4v) is 4.30. The number of nitrogens with one attached hydrogen (secondary N) is 1. The van der Waals surface area contributed by atoms with Crippen molar-refractivity contribution >= 4 is 36.4 Å². The third-order valence-electron chi connectivity index (χ3n) is 4.96. The molecule has 0 unspecified atom stereocenters. The summed E-state index contributed by atoms with van der Waals surface area (Å²) in [4.78, 5) is 2.67. The smallest absolute Gasteiger partial charge is 0.0456 e. The molecule has 1 aromatic carbocycles. The van der Waals surface area contributed by atoms with Gasteiger partial charge in [-0.15, -0.1) is 24.8 Å². The first kappa shape index (κ1) is 20.1. The number of piperazine rings is 1. The zero-order valence-electron chi connectivity index (χ0n) is 13.2. The lowest BCUT2D eigenvalue weighted by Gasteiger charge is -2.39. The highest BCUT2D eigenvalue weighted by molar-refractivity contribution is 6.31. The molecule has 0 aromatic heterocycles. The lowest BCUT2D eigenvalue weighted by Crippen LogP contribution is -2.47. The van der Waals surface area contributed by atoms with E-state index in [2.05, 4.69) is 35.3 Å². The Kier molecular flexibility index (Phi) is 8.52. The molecule has 1 saturated carbocycles. The summed E-state index contributed by atoms with van der Waals surface area (Å²) in [5.74, 6) is 0.784. The Hall–Kier alpha value is 0.01000. The quantitative estimate of drug-likeness (QED) is 0.840. The molecular formula is C17H27Cl3N2. The molecule has 5 heteroatoms. The lowest BCUT2D eigenvalue weighted by atomic mass is 9.87. The fraction of sp³-hybridized carbons (Fsp3) is 0.647. The van der Waals surface area contributed by atoms with E-state index in [1.165, 1.54) is 36.8 Å². The molecule has 1 atom stereocenters. The van der Waals surface area contributed by atoms with Gasteiger partial charge in [0.05, 0.1) is 0 Å². The van der Waals surface area contributed by atoms with Crippen molar-refractivity contribution in [1.82, 2.24) is 10.2 Å². The predicted molar refractivity (Wildman–Crippen MR) is 99.8 cm³/mol. The van der Waals surface area contributed by atoms with E-state index in [1.807, 2.05) is 0 Å². The van der Waals surface area contributed by atoms with Gasteiger partial charge in [-0.3, -0.25) is 4.90 Å². The first-order valence-corrected chi connectivity index (χ1v) is 8.35. The van der Waals surface area contributed by atoms with E-state index in [-0.39, 0.29) is 24.8 Å². The maximum Gasteiger partial charge on any atom is 0.0456 e. The molecule has 1 aliphatic carbocycles. The Labute approximate surface area is 151 Å². The van der Waals surface area contributed by atoms with Gasteiger partial charge in [0.25, 0.3) is 0 Å². The van der Waals surface area contributed by atoms with Crippen LogP contribution in [0.2, 0.25) is 5.02 Å². The van der Waals surface area contributed by atoms with Crippen molar-refractivity contribution in [2.45, 2.75) is 38.6 Å². The van der Waals surface area contributed by atoms with E-state index in [0.29, 0.717) is 6.04 Å². The average Bonchev–Trinajstić information content (AvgIpc) is 2.98. The van der Waals surface area contributed by atoms with Crippen molar-refractivity contribution in [3.63, 3.8) is 0 Å². The normalized spacial score (nSPS) is 21.0. The minimum absolute atomic E-state index is 0. The number of halogens is 3. The van der Waals surface area contributed by atoms with Crippen LogP contribution in [0, 0.1) is 12.8 Å². The number of nitrogens with zero attached hydrogens (tertiary/aromatic N) is 1. The maximum atomic E-state index is 6.58. The van der Waals surface area contributed by atoms with Gasteiger partial charge < -0.3 is 5.32 Å². The molecule has 3 rings (SSSR count). The summed E-state index contributed by atoms with van der Waals surface area (Å²) in [5.41, 5.74) is 2.75. The van der Waals surface area contributed by atoms with Gasteiger partial charge in [0.1, 0.15) is 0 Å². The number of benzene rings is 1. The Bertz CT molecular complexity index is 435. The molecule has 2 aliphatic rings. The van der Waals surface area contributed by atoms with Crippen LogP contribution in [0.15, 0.2) is 18.2 Å². The second kappa shape index (κ2) is 9.34. The Morgan fingerprint density at radius 1 is 1.14 bits per heavy atom. The van der Waals surface area contributed by atoms with E-state index in [4.69, 9.17) is 11.6 Å². The van der Waals surface area contributed by atoms with E-state index in [9.17, 15) is 0 Å². The summed E-state index contributed by atoms with van der Waals surface area (Å²) in [5, 5.41) is 4.42. The summed E-state index contributed by atoms with van der Waals surface area (Å²) >= 11 is 6.58. The largest absolute Gasteiger partial charge is 0.314 e. The highest BCUT2D eigenvalue weighted by Gasteiger charge is 2.33. The average molecular weight is 366 g/mol. The van der Waals surface area contributed by atoms with Crippen LogP contribution < -0.4 is 5.32 Å². The first-order chi connectivity index (χ1) is 9.77. The second-order valence-electron chi connectivity index (χ2n) is 6.25. The topological polar surface area (TPSA) is 15.3 Å².